The second-order valence-corrected chi connectivity index (χ2v) is 4.36. The third-order valence-corrected chi connectivity index (χ3v) is 2.87. The van der Waals surface area contributed by atoms with E-state index in [9.17, 15) is 13.6 Å². The highest BCUT2D eigenvalue weighted by atomic mass is 19.1. The average molecular weight is 276 g/mol. The molecule has 0 atom stereocenters. The normalized spacial score (nSPS) is 10.3. The van der Waals surface area contributed by atoms with Crippen molar-refractivity contribution in [3.05, 3.63) is 65.2 Å². The molecule has 5 heteroatoms. The Morgan fingerprint density at radius 2 is 1.70 bits per heavy atom. The van der Waals surface area contributed by atoms with E-state index in [0.29, 0.717) is 13.0 Å². The topological polar surface area (TPSA) is 55.1 Å². The van der Waals surface area contributed by atoms with Gasteiger partial charge in [0.2, 0.25) is 0 Å². The number of nitrogens with one attached hydrogen (secondary N) is 1. The molecule has 2 aromatic carbocycles. The molecule has 0 aromatic heterocycles. The van der Waals surface area contributed by atoms with Gasteiger partial charge in [-0.05, 0) is 42.3 Å². The second kappa shape index (κ2) is 6.14. The summed E-state index contributed by atoms with van der Waals surface area (Å²) in [6.07, 6.45) is 0.557. The zero-order valence-electron chi connectivity index (χ0n) is 10.7. The Kier molecular flexibility index (Phi) is 4.30. The molecule has 0 aliphatic carbocycles. The summed E-state index contributed by atoms with van der Waals surface area (Å²) in [7, 11) is 0. The molecule has 0 bridgehead atoms. The molecule has 3 N–H and O–H groups in total. The third kappa shape index (κ3) is 3.54. The molecule has 0 radical (unpaired) electrons. The second-order valence-electron chi connectivity index (χ2n) is 4.36. The lowest BCUT2D eigenvalue weighted by Gasteiger charge is -2.07. The first-order chi connectivity index (χ1) is 9.56. The van der Waals surface area contributed by atoms with E-state index in [-0.39, 0.29) is 17.1 Å². The van der Waals surface area contributed by atoms with Gasteiger partial charge in [-0.1, -0.05) is 12.1 Å². The monoisotopic (exact) mass is 276 g/mol. The van der Waals surface area contributed by atoms with Crippen LogP contribution in [0, 0.1) is 11.6 Å². The molecular formula is C15H14F2N2O. The summed E-state index contributed by atoms with van der Waals surface area (Å²) in [6.45, 7) is 0.362. The van der Waals surface area contributed by atoms with Gasteiger partial charge in [-0.15, -0.1) is 0 Å². The first-order valence-electron chi connectivity index (χ1n) is 6.14. The fourth-order valence-electron chi connectivity index (χ4n) is 1.79. The standard InChI is InChI=1S/C15H14F2N2O/c16-11-3-1-10(2-4-11)7-8-19-15(20)13-9-12(17)5-6-14(13)18/h1-6,9H,7-8,18H2,(H,19,20). The Bertz CT molecular complexity index is 612. The third-order valence-electron chi connectivity index (χ3n) is 2.87. The van der Waals surface area contributed by atoms with Crippen molar-refractivity contribution in [2.45, 2.75) is 6.42 Å². The maximum atomic E-state index is 13.1. The zero-order chi connectivity index (χ0) is 14.5. The highest BCUT2D eigenvalue weighted by Crippen LogP contribution is 2.13. The fourth-order valence-corrected chi connectivity index (χ4v) is 1.79. The van der Waals surface area contributed by atoms with Crippen LogP contribution >= 0.6 is 0 Å². The van der Waals surface area contributed by atoms with E-state index in [1.165, 1.54) is 24.3 Å². The van der Waals surface area contributed by atoms with Crippen molar-refractivity contribution in [2.75, 3.05) is 12.3 Å². The largest absolute Gasteiger partial charge is 0.398 e. The van der Waals surface area contributed by atoms with Gasteiger partial charge in [0, 0.05) is 12.2 Å². The van der Waals surface area contributed by atoms with E-state index >= 15 is 0 Å². The van der Waals surface area contributed by atoms with E-state index in [1.807, 2.05) is 0 Å². The van der Waals surface area contributed by atoms with Crippen molar-refractivity contribution >= 4 is 11.6 Å². The number of hydrogen-bond donors (Lipinski definition) is 2. The van der Waals surface area contributed by atoms with Gasteiger partial charge in [-0.25, -0.2) is 8.78 Å². The van der Waals surface area contributed by atoms with Crippen molar-refractivity contribution in [3.63, 3.8) is 0 Å². The molecule has 0 saturated carbocycles. The molecule has 0 aliphatic rings. The number of nitrogen functional groups attached to an aromatic ring is 1. The maximum Gasteiger partial charge on any atom is 0.253 e. The molecule has 3 nitrogen and oxygen atoms in total. The van der Waals surface area contributed by atoms with Gasteiger partial charge >= 0.3 is 0 Å². The van der Waals surface area contributed by atoms with Crippen molar-refractivity contribution in [1.82, 2.24) is 5.32 Å². The van der Waals surface area contributed by atoms with Crippen molar-refractivity contribution < 1.29 is 13.6 Å². The van der Waals surface area contributed by atoms with Crippen molar-refractivity contribution in [3.8, 4) is 0 Å². The minimum Gasteiger partial charge on any atom is -0.398 e. The summed E-state index contributed by atoms with van der Waals surface area (Å²) < 4.78 is 25.8. The van der Waals surface area contributed by atoms with Gasteiger partial charge in [0.15, 0.2) is 0 Å². The lowest BCUT2D eigenvalue weighted by molar-refractivity contribution is 0.0954. The predicted molar refractivity (Wildman–Crippen MR) is 73.2 cm³/mol. The van der Waals surface area contributed by atoms with Gasteiger partial charge in [0.05, 0.1) is 5.56 Å². The smallest absolute Gasteiger partial charge is 0.253 e. The molecule has 2 rings (SSSR count). The average Bonchev–Trinajstić information content (AvgIpc) is 2.43. The van der Waals surface area contributed by atoms with Crippen LogP contribution in [-0.2, 0) is 6.42 Å². The van der Waals surface area contributed by atoms with Crippen LogP contribution in [0.5, 0.6) is 0 Å². The molecule has 0 fully saturated rings. The summed E-state index contributed by atoms with van der Waals surface area (Å²) in [5, 5.41) is 2.65. The Morgan fingerprint density at radius 3 is 2.40 bits per heavy atom. The van der Waals surface area contributed by atoms with Crippen LogP contribution in [-0.4, -0.2) is 12.5 Å². The molecule has 0 spiro atoms. The number of halogens is 2. The first kappa shape index (κ1) is 14.0. The number of hydrogen-bond acceptors (Lipinski definition) is 2. The molecule has 2 aromatic rings. The van der Waals surface area contributed by atoms with Crippen LogP contribution in [0.3, 0.4) is 0 Å². The minimum atomic E-state index is -0.511. The molecule has 104 valence electrons. The number of amides is 1. The predicted octanol–water partition coefficient (Wildman–Crippen LogP) is 2.52. The highest BCUT2D eigenvalue weighted by molar-refractivity contribution is 5.99. The number of rotatable bonds is 4. The Balaban J connectivity index is 1.92. The lowest BCUT2D eigenvalue weighted by Crippen LogP contribution is -2.26. The van der Waals surface area contributed by atoms with Crippen LogP contribution in [0.2, 0.25) is 0 Å². The number of benzene rings is 2. The van der Waals surface area contributed by atoms with Gasteiger partial charge in [-0.3, -0.25) is 4.79 Å². The summed E-state index contributed by atoms with van der Waals surface area (Å²) in [4.78, 5) is 11.8. The summed E-state index contributed by atoms with van der Waals surface area (Å²) in [6, 6.07) is 9.68. The van der Waals surface area contributed by atoms with E-state index in [2.05, 4.69) is 5.32 Å². The van der Waals surface area contributed by atoms with Crippen LogP contribution < -0.4 is 11.1 Å². The number of nitrogens with two attached hydrogens (primary N) is 1. The van der Waals surface area contributed by atoms with Crippen LogP contribution in [0.1, 0.15) is 15.9 Å². The van der Waals surface area contributed by atoms with Crippen LogP contribution in [0.25, 0.3) is 0 Å². The molecular weight excluding hydrogens is 262 g/mol. The lowest BCUT2D eigenvalue weighted by atomic mass is 10.1. The molecule has 0 unspecified atom stereocenters. The number of carbonyl (C=O) groups is 1. The van der Waals surface area contributed by atoms with Gasteiger partial charge in [-0.2, -0.15) is 0 Å². The van der Waals surface area contributed by atoms with E-state index in [4.69, 9.17) is 5.73 Å². The SMILES string of the molecule is Nc1ccc(F)cc1C(=O)NCCc1ccc(F)cc1. The van der Waals surface area contributed by atoms with Gasteiger partial charge in [0.1, 0.15) is 11.6 Å². The van der Waals surface area contributed by atoms with Crippen LogP contribution in [0.15, 0.2) is 42.5 Å². The molecule has 1 amide bonds. The quantitative estimate of drug-likeness (QED) is 0.843. The number of carbonyl (C=O) groups excluding carboxylic acids is 1. The first-order valence-corrected chi connectivity index (χ1v) is 6.14. The Labute approximate surface area is 115 Å². The van der Waals surface area contributed by atoms with E-state index < -0.39 is 11.7 Å². The molecule has 0 aliphatic heterocycles. The minimum absolute atomic E-state index is 0.115. The number of anilines is 1. The van der Waals surface area contributed by atoms with Crippen molar-refractivity contribution in [1.29, 1.82) is 0 Å². The van der Waals surface area contributed by atoms with E-state index in [1.54, 1.807) is 12.1 Å². The summed E-state index contributed by atoms with van der Waals surface area (Å²) in [5.41, 5.74) is 6.86. The maximum absolute atomic E-state index is 13.1. The molecule has 0 heterocycles. The summed E-state index contributed by atoms with van der Waals surface area (Å²) in [5.74, 6) is -1.24. The van der Waals surface area contributed by atoms with Gasteiger partial charge in [0.25, 0.3) is 5.91 Å². The summed E-state index contributed by atoms with van der Waals surface area (Å²) >= 11 is 0. The Morgan fingerprint density at radius 1 is 1.05 bits per heavy atom. The fraction of sp³-hybridized carbons (Fsp3) is 0.133. The van der Waals surface area contributed by atoms with Crippen molar-refractivity contribution in [2.24, 2.45) is 0 Å². The van der Waals surface area contributed by atoms with Crippen LogP contribution in [0.4, 0.5) is 14.5 Å². The highest BCUT2D eigenvalue weighted by Gasteiger charge is 2.10. The molecule has 20 heavy (non-hydrogen) atoms. The Hall–Kier alpha value is -2.43. The zero-order valence-corrected chi connectivity index (χ0v) is 10.7. The van der Waals surface area contributed by atoms with E-state index in [0.717, 1.165) is 11.6 Å². The molecule has 0 saturated heterocycles. The van der Waals surface area contributed by atoms with Gasteiger partial charge < -0.3 is 11.1 Å².